The molecular weight excluding hydrogens is 464 g/mol. The summed E-state index contributed by atoms with van der Waals surface area (Å²) >= 11 is 0. The molecule has 2 heterocycles. The van der Waals surface area contributed by atoms with Crippen LogP contribution in [0, 0.1) is 0 Å². The first-order chi connectivity index (χ1) is 18.1. The number of amides is 2. The van der Waals surface area contributed by atoms with E-state index in [4.69, 9.17) is 9.47 Å². The van der Waals surface area contributed by atoms with Gasteiger partial charge >= 0.3 is 6.09 Å². The Bertz CT molecular complexity index is 1260. The van der Waals surface area contributed by atoms with Crippen LogP contribution in [0.5, 0.6) is 0 Å². The first-order valence-corrected chi connectivity index (χ1v) is 12.7. The highest BCUT2D eigenvalue weighted by molar-refractivity contribution is 5.93. The standard InChI is InChI=1S/C31H32N2O4/c1-36-17-16-28-18-25-14-8-9-15-26(25)20-32(28)30(34)29-19-27(24-12-6-3-7-13-24)21-33(29)31(35)37-22-23-10-4-2-5-11-23/h2-15,19,28-29H,16-18,20-22H2,1H3/t28-,29+/m0/s1. The van der Waals surface area contributed by atoms with Crippen LogP contribution in [0.15, 0.2) is 91.0 Å². The first kappa shape index (κ1) is 24.8. The van der Waals surface area contributed by atoms with Crippen molar-refractivity contribution in [3.05, 3.63) is 113 Å². The molecule has 0 saturated carbocycles. The maximum Gasteiger partial charge on any atom is 0.411 e. The molecule has 0 N–H and O–H groups in total. The first-order valence-electron chi connectivity index (χ1n) is 12.7. The molecule has 0 aliphatic carbocycles. The number of rotatable bonds is 7. The van der Waals surface area contributed by atoms with E-state index < -0.39 is 12.1 Å². The fraction of sp³-hybridized carbons (Fsp3) is 0.290. The third kappa shape index (κ3) is 5.59. The van der Waals surface area contributed by atoms with Crippen LogP contribution in [0.4, 0.5) is 4.79 Å². The van der Waals surface area contributed by atoms with Gasteiger partial charge in [0.25, 0.3) is 0 Å². The van der Waals surface area contributed by atoms with Gasteiger partial charge in [-0.2, -0.15) is 0 Å². The Balaban J connectivity index is 1.41. The molecule has 37 heavy (non-hydrogen) atoms. The topological polar surface area (TPSA) is 59.1 Å². The SMILES string of the molecule is COCC[C@H]1Cc2ccccc2CN1C(=O)[C@H]1C=C(c2ccccc2)CN1C(=O)OCc1ccccc1. The molecular formula is C31H32N2O4. The number of methoxy groups -OCH3 is 1. The predicted octanol–water partition coefficient (Wildman–Crippen LogP) is 5.08. The zero-order valence-electron chi connectivity index (χ0n) is 21.1. The Hall–Kier alpha value is -3.90. The number of carbonyl (C=O) groups excluding carboxylic acids is 2. The molecule has 6 nitrogen and oxygen atoms in total. The zero-order valence-corrected chi connectivity index (χ0v) is 21.1. The van der Waals surface area contributed by atoms with Gasteiger partial charge in [-0.25, -0.2) is 4.79 Å². The molecule has 0 unspecified atom stereocenters. The number of hydrogen-bond donors (Lipinski definition) is 0. The van der Waals surface area contributed by atoms with Gasteiger partial charge in [0.1, 0.15) is 12.6 Å². The number of benzene rings is 3. The summed E-state index contributed by atoms with van der Waals surface area (Å²) in [4.78, 5) is 30.9. The van der Waals surface area contributed by atoms with Gasteiger partial charge in [0.2, 0.25) is 5.91 Å². The van der Waals surface area contributed by atoms with Gasteiger partial charge in [-0.1, -0.05) is 84.9 Å². The minimum absolute atomic E-state index is 0.00119. The van der Waals surface area contributed by atoms with Crippen molar-refractivity contribution in [2.45, 2.75) is 38.1 Å². The van der Waals surface area contributed by atoms with Crippen molar-refractivity contribution in [2.24, 2.45) is 0 Å². The van der Waals surface area contributed by atoms with Crippen molar-refractivity contribution >= 4 is 17.6 Å². The third-order valence-electron chi connectivity index (χ3n) is 7.17. The molecule has 0 spiro atoms. The second kappa shape index (κ2) is 11.4. The second-order valence-electron chi connectivity index (χ2n) is 9.55. The number of fused-ring (bicyclic) bond motifs is 1. The smallest absolute Gasteiger partial charge is 0.411 e. The average molecular weight is 497 g/mol. The molecule has 0 fully saturated rings. The van der Waals surface area contributed by atoms with Crippen molar-refractivity contribution in [3.63, 3.8) is 0 Å². The Morgan fingerprint density at radius 1 is 0.838 bits per heavy atom. The fourth-order valence-electron chi connectivity index (χ4n) is 5.17. The Morgan fingerprint density at radius 3 is 2.24 bits per heavy atom. The second-order valence-corrected chi connectivity index (χ2v) is 9.55. The maximum absolute atomic E-state index is 14.1. The highest BCUT2D eigenvalue weighted by atomic mass is 16.6. The fourth-order valence-corrected chi connectivity index (χ4v) is 5.17. The van der Waals surface area contributed by atoms with Crippen molar-refractivity contribution in [3.8, 4) is 0 Å². The Morgan fingerprint density at radius 2 is 1.51 bits per heavy atom. The maximum atomic E-state index is 14.1. The molecule has 2 atom stereocenters. The molecule has 190 valence electrons. The van der Waals surface area contributed by atoms with Crippen LogP contribution in [-0.4, -0.2) is 54.1 Å². The van der Waals surface area contributed by atoms with Gasteiger partial charge in [-0.3, -0.25) is 9.69 Å². The lowest BCUT2D eigenvalue weighted by atomic mass is 9.91. The average Bonchev–Trinajstić information content (AvgIpc) is 3.41. The van der Waals surface area contributed by atoms with E-state index in [1.807, 2.05) is 83.8 Å². The van der Waals surface area contributed by atoms with Crippen LogP contribution in [0.2, 0.25) is 0 Å². The molecule has 2 aliphatic heterocycles. The third-order valence-corrected chi connectivity index (χ3v) is 7.17. The minimum atomic E-state index is -0.728. The van der Waals surface area contributed by atoms with E-state index in [0.29, 0.717) is 19.7 Å². The minimum Gasteiger partial charge on any atom is -0.445 e. The molecule has 6 heteroatoms. The highest BCUT2D eigenvalue weighted by Gasteiger charge is 2.40. The lowest BCUT2D eigenvalue weighted by molar-refractivity contribution is -0.138. The number of carbonyl (C=O) groups is 2. The Kier molecular flexibility index (Phi) is 7.66. The Labute approximate surface area is 218 Å². The summed E-state index contributed by atoms with van der Waals surface area (Å²) in [7, 11) is 1.68. The summed E-state index contributed by atoms with van der Waals surface area (Å²) in [5.74, 6) is -0.0850. The zero-order chi connectivity index (χ0) is 25.6. The number of hydrogen-bond acceptors (Lipinski definition) is 4. The van der Waals surface area contributed by atoms with E-state index in [1.54, 1.807) is 12.0 Å². The predicted molar refractivity (Wildman–Crippen MR) is 143 cm³/mol. The highest BCUT2D eigenvalue weighted by Crippen LogP contribution is 2.31. The van der Waals surface area contributed by atoms with Crippen LogP contribution in [-0.2, 0) is 33.8 Å². The molecule has 0 radical (unpaired) electrons. The lowest BCUT2D eigenvalue weighted by Gasteiger charge is -2.39. The molecule has 0 saturated heterocycles. The van der Waals surface area contributed by atoms with Crippen LogP contribution in [0.3, 0.4) is 0 Å². The molecule has 0 bridgehead atoms. The van der Waals surface area contributed by atoms with Gasteiger partial charge in [-0.15, -0.1) is 0 Å². The van der Waals surface area contributed by atoms with Gasteiger partial charge in [0, 0.05) is 26.3 Å². The number of nitrogens with zero attached hydrogens (tertiary/aromatic N) is 2. The van der Waals surface area contributed by atoms with E-state index in [9.17, 15) is 9.59 Å². The summed E-state index contributed by atoms with van der Waals surface area (Å²) in [5, 5.41) is 0. The van der Waals surface area contributed by atoms with Crippen LogP contribution >= 0.6 is 0 Å². The molecule has 2 aliphatic rings. The molecule has 3 aromatic rings. The summed E-state index contributed by atoms with van der Waals surface area (Å²) < 4.78 is 11.0. The summed E-state index contributed by atoms with van der Waals surface area (Å²) in [5.41, 5.74) is 5.26. The normalized spacial score (nSPS) is 18.8. The summed E-state index contributed by atoms with van der Waals surface area (Å²) in [6, 6.07) is 27.0. The molecule has 5 rings (SSSR count). The molecule has 0 aromatic heterocycles. The van der Waals surface area contributed by atoms with E-state index in [-0.39, 0.29) is 18.6 Å². The summed E-state index contributed by atoms with van der Waals surface area (Å²) in [6.07, 6.45) is 2.94. The lowest BCUT2D eigenvalue weighted by Crippen LogP contribution is -2.53. The molecule has 3 aromatic carbocycles. The van der Waals surface area contributed by atoms with Crippen LogP contribution < -0.4 is 0 Å². The summed E-state index contributed by atoms with van der Waals surface area (Å²) in [6.45, 7) is 1.56. The van der Waals surface area contributed by atoms with E-state index in [1.165, 1.54) is 5.56 Å². The van der Waals surface area contributed by atoms with Crippen LogP contribution in [0.25, 0.3) is 5.57 Å². The molecule has 2 amide bonds. The van der Waals surface area contributed by atoms with Crippen molar-refractivity contribution in [1.82, 2.24) is 9.80 Å². The monoisotopic (exact) mass is 496 g/mol. The number of ether oxygens (including phenoxy) is 2. The van der Waals surface area contributed by atoms with Crippen molar-refractivity contribution in [2.75, 3.05) is 20.3 Å². The van der Waals surface area contributed by atoms with Crippen molar-refractivity contribution < 1.29 is 19.1 Å². The van der Waals surface area contributed by atoms with Crippen LogP contribution in [0.1, 0.15) is 28.7 Å². The largest absolute Gasteiger partial charge is 0.445 e. The van der Waals surface area contributed by atoms with E-state index >= 15 is 0 Å². The van der Waals surface area contributed by atoms with Gasteiger partial charge in [-0.05, 0) is 46.7 Å². The quantitative estimate of drug-likeness (QED) is 0.458. The van der Waals surface area contributed by atoms with Crippen molar-refractivity contribution in [1.29, 1.82) is 0 Å². The van der Waals surface area contributed by atoms with Gasteiger partial charge in [0.05, 0.1) is 6.54 Å². The van der Waals surface area contributed by atoms with Gasteiger partial charge < -0.3 is 14.4 Å². The van der Waals surface area contributed by atoms with E-state index in [0.717, 1.165) is 35.1 Å². The van der Waals surface area contributed by atoms with Gasteiger partial charge in [0.15, 0.2) is 0 Å². The van der Waals surface area contributed by atoms with E-state index in [2.05, 4.69) is 12.1 Å².